The standard InChI is InChI=1S/C11H12ClN3O/c1-15-9(5-7-16)14-10(11(15)12)8-4-2-3-6-13-8/h2-4,6,16H,5,7H2,1H3. The monoisotopic (exact) mass is 237 g/mol. The molecule has 1 N–H and O–H groups in total. The number of aromatic nitrogens is 3. The van der Waals surface area contributed by atoms with Crippen LogP contribution in [0.4, 0.5) is 0 Å². The smallest absolute Gasteiger partial charge is 0.138 e. The third-order valence-corrected chi connectivity index (χ3v) is 2.79. The lowest BCUT2D eigenvalue weighted by Gasteiger charge is -1.98. The number of aliphatic hydroxyl groups excluding tert-OH is 1. The van der Waals surface area contributed by atoms with Gasteiger partial charge in [0.1, 0.15) is 16.7 Å². The molecule has 2 aromatic rings. The van der Waals surface area contributed by atoms with Gasteiger partial charge in [-0.2, -0.15) is 0 Å². The Morgan fingerprint density at radius 1 is 1.44 bits per heavy atom. The number of imidazole rings is 1. The molecular formula is C11H12ClN3O. The molecule has 84 valence electrons. The first-order valence-electron chi connectivity index (χ1n) is 4.97. The molecule has 4 nitrogen and oxygen atoms in total. The summed E-state index contributed by atoms with van der Waals surface area (Å²) >= 11 is 6.16. The molecule has 0 saturated carbocycles. The highest BCUT2D eigenvalue weighted by molar-refractivity contribution is 6.32. The van der Waals surface area contributed by atoms with E-state index >= 15 is 0 Å². The van der Waals surface area contributed by atoms with Gasteiger partial charge >= 0.3 is 0 Å². The van der Waals surface area contributed by atoms with Gasteiger partial charge in [0.2, 0.25) is 0 Å². The summed E-state index contributed by atoms with van der Waals surface area (Å²) in [6, 6.07) is 5.59. The fraction of sp³-hybridized carbons (Fsp3) is 0.273. The lowest BCUT2D eigenvalue weighted by molar-refractivity contribution is 0.295. The van der Waals surface area contributed by atoms with Crippen molar-refractivity contribution in [1.82, 2.24) is 14.5 Å². The summed E-state index contributed by atoms with van der Waals surface area (Å²) in [5.41, 5.74) is 1.40. The number of pyridine rings is 1. The van der Waals surface area contributed by atoms with E-state index in [2.05, 4.69) is 9.97 Å². The highest BCUT2D eigenvalue weighted by atomic mass is 35.5. The topological polar surface area (TPSA) is 50.9 Å². The molecule has 2 rings (SSSR count). The lowest BCUT2D eigenvalue weighted by atomic mass is 10.3. The third-order valence-electron chi connectivity index (χ3n) is 2.36. The zero-order valence-corrected chi connectivity index (χ0v) is 9.65. The number of hydrogen-bond donors (Lipinski definition) is 1. The molecule has 0 unspecified atom stereocenters. The molecule has 2 aromatic heterocycles. The Morgan fingerprint density at radius 2 is 2.25 bits per heavy atom. The van der Waals surface area contributed by atoms with Crippen LogP contribution in [0.25, 0.3) is 11.4 Å². The summed E-state index contributed by atoms with van der Waals surface area (Å²) in [5.74, 6) is 0.758. The Hall–Kier alpha value is -1.39. The molecule has 0 radical (unpaired) electrons. The minimum atomic E-state index is 0.0584. The Balaban J connectivity index is 2.46. The molecule has 0 fully saturated rings. The molecule has 16 heavy (non-hydrogen) atoms. The van der Waals surface area contributed by atoms with E-state index in [1.807, 2.05) is 25.2 Å². The number of hydrogen-bond acceptors (Lipinski definition) is 3. The summed E-state index contributed by atoms with van der Waals surface area (Å²) in [5, 5.41) is 9.45. The quantitative estimate of drug-likeness (QED) is 0.884. The molecule has 0 spiro atoms. The molecule has 5 heteroatoms. The molecule has 0 atom stereocenters. The van der Waals surface area contributed by atoms with E-state index in [-0.39, 0.29) is 6.61 Å². The van der Waals surface area contributed by atoms with Crippen LogP contribution in [0.1, 0.15) is 5.82 Å². The van der Waals surface area contributed by atoms with E-state index < -0.39 is 0 Å². The Bertz CT molecular complexity index is 481. The van der Waals surface area contributed by atoms with Crippen LogP contribution in [0.2, 0.25) is 5.15 Å². The van der Waals surface area contributed by atoms with Crippen molar-refractivity contribution in [2.24, 2.45) is 7.05 Å². The van der Waals surface area contributed by atoms with Gasteiger partial charge in [0.15, 0.2) is 0 Å². The second-order valence-electron chi connectivity index (χ2n) is 3.42. The number of nitrogens with zero attached hydrogens (tertiary/aromatic N) is 3. The van der Waals surface area contributed by atoms with E-state index in [4.69, 9.17) is 16.7 Å². The van der Waals surface area contributed by atoms with Crippen LogP contribution in [0, 0.1) is 0 Å². The molecule has 0 bridgehead atoms. The maximum atomic E-state index is 8.90. The molecule has 0 aliphatic carbocycles. The van der Waals surface area contributed by atoms with Gasteiger partial charge < -0.3 is 9.67 Å². The first-order chi connectivity index (χ1) is 7.74. The van der Waals surface area contributed by atoms with Crippen molar-refractivity contribution in [3.05, 3.63) is 35.4 Å². The van der Waals surface area contributed by atoms with Gasteiger partial charge in [0.25, 0.3) is 0 Å². The third kappa shape index (κ3) is 1.94. The van der Waals surface area contributed by atoms with Gasteiger partial charge in [-0.25, -0.2) is 4.98 Å². The van der Waals surface area contributed by atoms with Gasteiger partial charge in [-0.3, -0.25) is 4.98 Å². The van der Waals surface area contributed by atoms with E-state index in [1.54, 1.807) is 10.8 Å². The zero-order chi connectivity index (χ0) is 11.5. The number of halogens is 1. The van der Waals surface area contributed by atoms with Gasteiger partial charge in [-0.1, -0.05) is 17.7 Å². The van der Waals surface area contributed by atoms with Gasteiger partial charge in [-0.05, 0) is 12.1 Å². The van der Waals surface area contributed by atoms with Crippen LogP contribution in [0.15, 0.2) is 24.4 Å². The lowest BCUT2D eigenvalue weighted by Crippen LogP contribution is -2.00. The fourth-order valence-corrected chi connectivity index (χ4v) is 1.75. The van der Waals surface area contributed by atoms with Gasteiger partial charge in [0.05, 0.1) is 12.3 Å². The molecule has 0 aliphatic rings. The maximum Gasteiger partial charge on any atom is 0.138 e. The summed E-state index contributed by atoms with van der Waals surface area (Å²) < 4.78 is 1.77. The van der Waals surface area contributed by atoms with E-state index in [1.165, 1.54) is 0 Å². The summed E-state index contributed by atoms with van der Waals surface area (Å²) in [6.07, 6.45) is 2.19. The largest absolute Gasteiger partial charge is 0.396 e. The second-order valence-corrected chi connectivity index (χ2v) is 3.77. The molecular weight excluding hydrogens is 226 g/mol. The number of rotatable bonds is 3. The first-order valence-corrected chi connectivity index (χ1v) is 5.35. The van der Waals surface area contributed by atoms with Crippen molar-refractivity contribution in [2.75, 3.05) is 6.61 Å². The minimum absolute atomic E-state index is 0.0584. The van der Waals surface area contributed by atoms with Crippen LogP contribution in [-0.4, -0.2) is 26.2 Å². The predicted molar refractivity (Wildman–Crippen MR) is 62.2 cm³/mol. The van der Waals surface area contributed by atoms with E-state index in [0.29, 0.717) is 17.3 Å². The van der Waals surface area contributed by atoms with E-state index in [9.17, 15) is 0 Å². The second kappa shape index (κ2) is 4.63. The predicted octanol–water partition coefficient (Wildman–Crippen LogP) is 1.67. The van der Waals surface area contributed by atoms with Crippen molar-refractivity contribution < 1.29 is 5.11 Å². The van der Waals surface area contributed by atoms with Crippen LogP contribution >= 0.6 is 11.6 Å². The first kappa shape index (κ1) is 11.1. The van der Waals surface area contributed by atoms with Crippen molar-refractivity contribution in [2.45, 2.75) is 6.42 Å². The molecule has 2 heterocycles. The van der Waals surface area contributed by atoms with Crippen LogP contribution in [0.3, 0.4) is 0 Å². The summed E-state index contributed by atoms with van der Waals surface area (Å²) in [7, 11) is 1.83. The number of aliphatic hydroxyl groups is 1. The molecule has 0 saturated heterocycles. The average molecular weight is 238 g/mol. The average Bonchev–Trinajstić information content (AvgIpc) is 2.59. The van der Waals surface area contributed by atoms with Crippen LogP contribution < -0.4 is 0 Å². The van der Waals surface area contributed by atoms with Crippen LogP contribution in [-0.2, 0) is 13.5 Å². The molecule has 0 aliphatic heterocycles. The van der Waals surface area contributed by atoms with E-state index in [0.717, 1.165) is 11.5 Å². The fourth-order valence-electron chi connectivity index (χ4n) is 1.51. The van der Waals surface area contributed by atoms with Crippen LogP contribution in [0.5, 0.6) is 0 Å². The molecule has 0 amide bonds. The van der Waals surface area contributed by atoms with Gasteiger partial charge in [0, 0.05) is 19.7 Å². The maximum absolute atomic E-state index is 8.90. The zero-order valence-electron chi connectivity index (χ0n) is 8.89. The van der Waals surface area contributed by atoms with Crippen molar-refractivity contribution in [3.63, 3.8) is 0 Å². The van der Waals surface area contributed by atoms with Crippen molar-refractivity contribution in [3.8, 4) is 11.4 Å². The highest BCUT2D eigenvalue weighted by Crippen LogP contribution is 2.25. The Kier molecular flexibility index (Phi) is 3.22. The Labute approximate surface area is 98.5 Å². The van der Waals surface area contributed by atoms with Crippen molar-refractivity contribution in [1.29, 1.82) is 0 Å². The minimum Gasteiger partial charge on any atom is -0.396 e. The molecule has 0 aromatic carbocycles. The highest BCUT2D eigenvalue weighted by Gasteiger charge is 2.14. The SMILES string of the molecule is Cn1c(CCO)nc(-c2ccccn2)c1Cl. The van der Waals surface area contributed by atoms with Crippen molar-refractivity contribution >= 4 is 11.6 Å². The van der Waals surface area contributed by atoms with Gasteiger partial charge in [-0.15, -0.1) is 0 Å². The summed E-state index contributed by atoms with van der Waals surface area (Å²) in [6.45, 7) is 0.0584. The normalized spacial score (nSPS) is 10.7. The summed E-state index contributed by atoms with van der Waals surface area (Å²) in [4.78, 5) is 8.58. The Morgan fingerprint density at radius 3 is 2.88 bits per heavy atom.